The van der Waals surface area contributed by atoms with E-state index in [1.807, 2.05) is 5.01 Å². The molecule has 0 aromatic carbocycles. The van der Waals surface area contributed by atoms with E-state index < -0.39 is 5.97 Å². The SMILES string of the molecule is NC(=NCC(=O)O)NN1CCC1. The van der Waals surface area contributed by atoms with Gasteiger partial charge in [0, 0.05) is 13.1 Å². The van der Waals surface area contributed by atoms with Crippen LogP contribution in [0.3, 0.4) is 0 Å². The van der Waals surface area contributed by atoms with Crippen LogP contribution in [0.15, 0.2) is 4.99 Å². The highest BCUT2D eigenvalue weighted by atomic mass is 16.4. The molecule has 1 saturated heterocycles. The highest BCUT2D eigenvalue weighted by Crippen LogP contribution is 1.99. The van der Waals surface area contributed by atoms with Gasteiger partial charge in [0.25, 0.3) is 0 Å². The zero-order chi connectivity index (χ0) is 8.97. The number of hydrazine groups is 1. The molecule has 6 nitrogen and oxygen atoms in total. The molecule has 1 aliphatic heterocycles. The fourth-order valence-electron chi connectivity index (χ4n) is 0.778. The quantitative estimate of drug-likeness (QED) is 0.359. The number of carbonyl (C=O) groups is 1. The van der Waals surface area contributed by atoms with Crippen LogP contribution < -0.4 is 11.2 Å². The zero-order valence-corrected chi connectivity index (χ0v) is 6.66. The summed E-state index contributed by atoms with van der Waals surface area (Å²) in [5.41, 5.74) is 8.14. The molecule has 12 heavy (non-hydrogen) atoms. The first kappa shape index (κ1) is 8.79. The van der Waals surface area contributed by atoms with E-state index in [1.54, 1.807) is 0 Å². The Labute approximate surface area is 70.0 Å². The Morgan fingerprint density at radius 2 is 2.33 bits per heavy atom. The molecule has 0 radical (unpaired) electrons. The number of aliphatic imine (C=N–C) groups is 1. The van der Waals surface area contributed by atoms with E-state index in [4.69, 9.17) is 10.8 Å². The molecule has 4 N–H and O–H groups in total. The zero-order valence-electron chi connectivity index (χ0n) is 6.66. The fraction of sp³-hybridized carbons (Fsp3) is 0.667. The molecule has 0 bridgehead atoms. The topological polar surface area (TPSA) is 90.9 Å². The van der Waals surface area contributed by atoms with Crippen LogP contribution in [0.5, 0.6) is 0 Å². The maximum Gasteiger partial charge on any atom is 0.325 e. The molecular weight excluding hydrogens is 160 g/mol. The van der Waals surface area contributed by atoms with Crippen LogP contribution >= 0.6 is 0 Å². The molecule has 1 aliphatic rings. The van der Waals surface area contributed by atoms with Crippen LogP contribution in [-0.2, 0) is 4.79 Å². The summed E-state index contributed by atoms with van der Waals surface area (Å²) in [5, 5.41) is 10.1. The highest BCUT2D eigenvalue weighted by molar-refractivity contribution is 5.80. The number of hydrogen-bond donors (Lipinski definition) is 3. The summed E-state index contributed by atoms with van der Waals surface area (Å²) < 4.78 is 0. The molecular formula is C6H12N4O2. The fourth-order valence-corrected chi connectivity index (χ4v) is 0.778. The summed E-state index contributed by atoms with van der Waals surface area (Å²) in [6, 6.07) is 0. The van der Waals surface area contributed by atoms with Gasteiger partial charge < -0.3 is 10.8 Å². The molecule has 1 fully saturated rings. The number of nitrogens with one attached hydrogen (secondary N) is 1. The molecule has 0 aromatic heterocycles. The lowest BCUT2D eigenvalue weighted by molar-refractivity contribution is -0.135. The third-order valence-electron chi connectivity index (χ3n) is 1.51. The van der Waals surface area contributed by atoms with Gasteiger partial charge in [-0.15, -0.1) is 0 Å². The number of carboxylic acids is 1. The smallest absolute Gasteiger partial charge is 0.325 e. The van der Waals surface area contributed by atoms with Crippen LogP contribution in [0.1, 0.15) is 6.42 Å². The molecule has 68 valence electrons. The van der Waals surface area contributed by atoms with Gasteiger partial charge in [-0.3, -0.25) is 10.2 Å². The van der Waals surface area contributed by atoms with E-state index in [0.29, 0.717) is 0 Å². The number of nitrogens with two attached hydrogens (primary N) is 1. The lowest BCUT2D eigenvalue weighted by Crippen LogP contribution is -2.52. The van der Waals surface area contributed by atoms with Gasteiger partial charge >= 0.3 is 5.97 Å². The Morgan fingerprint density at radius 1 is 1.67 bits per heavy atom. The van der Waals surface area contributed by atoms with Crippen molar-refractivity contribution < 1.29 is 9.90 Å². The number of hydrogen-bond acceptors (Lipinski definition) is 3. The second-order valence-electron chi connectivity index (χ2n) is 2.55. The minimum Gasteiger partial charge on any atom is -0.480 e. The molecule has 0 amide bonds. The van der Waals surface area contributed by atoms with Gasteiger partial charge in [-0.1, -0.05) is 0 Å². The van der Waals surface area contributed by atoms with Crippen LogP contribution in [0.4, 0.5) is 0 Å². The first-order valence-electron chi connectivity index (χ1n) is 3.72. The second kappa shape index (κ2) is 3.91. The first-order valence-corrected chi connectivity index (χ1v) is 3.72. The van der Waals surface area contributed by atoms with Crippen molar-refractivity contribution in [2.75, 3.05) is 19.6 Å². The van der Waals surface area contributed by atoms with Crippen molar-refractivity contribution in [2.24, 2.45) is 10.7 Å². The molecule has 0 atom stereocenters. The number of carboxylic acid groups (broad SMARTS) is 1. The second-order valence-corrected chi connectivity index (χ2v) is 2.55. The standard InChI is InChI=1S/C6H12N4O2/c7-6(8-4-5(11)12)9-10-2-1-3-10/h1-4H2,(H,11,12)(H3,7,8,9). The van der Waals surface area contributed by atoms with Crippen molar-refractivity contribution >= 4 is 11.9 Å². The molecule has 6 heteroatoms. The summed E-state index contributed by atoms with van der Waals surface area (Å²) in [5.74, 6) is -0.819. The number of guanidine groups is 1. The number of aliphatic carboxylic acids is 1. The lowest BCUT2D eigenvalue weighted by Gasteiger charge is -2.31. The Kier molecular flexibility index (Phi) is 2.87. The normalized spacial score (nSPS) is 18.5. The summed E-state index contributed by atoms with van der Waals surface area (Å²) in [4.78, 5) is 13.7. The summed E-state index contributed by atoms with van der Waals surface area (Å²) in [7, 11) is 0. The van der Waals surface area contributed by atoms with E-state index >= 15 is 0 Å². The van der Waals surface area contributed by atoms with E-state index in [-0.39, 0.29) is 12.5 Å². The van der Waals surface area contributed by atoms with Crippen molar-refractivity contribution in [3.63, 3.8) is 0 Å². The van der Waals surface area contributed by atoms with Gasteiger partial charge in [-0.2, -0.15) is 0 Å². The molecule has 1 rings (SSSR count). The maximum absolute atomic E-state index is 10.1. The van der Waals surface area contributed by atoms with Gasteiger partial charge in [-0.05, 0) is 6.42 Å². The van der Waals surface area contributed by atoms with E-state index in [9.17, 15) is 4.79 Å². The molecule has 0 aliphatic carbocycles. The van der Waals surface area contributed by atoms with Gasteiger partial charge in [0.2, 0.25) is 5.96 Å². The van der Waals surface area contributed by atoms with E-state index in [0.717, 1.165) is 19.5 Å². The molecule has 0 spiro atoms. The largest absolute Gasteiger partial charge is 0.480 e. The molecule has 0 saturated carbocycles. The average Bonchev–Trinajstić information content (AvgIpc) is 1.93. The predicted octanol–water partition coefficient (Wildman–Crippen LogP) is -1.40. The van der Waals surface area contributed by atoms with Gasteiger partial charge in [0.1, 0.15) is 6.54 Å². The van der Waals surface area contributed by atoms with Crippen LogP contribution in [0.25, 0.3) is 0 Å². The monoisotopic (exact) mass is 172 g/mol. The van der Waals surface area contributed by atoms with Gasteiger partial charge in [0.15, 0.2) is 0 Å². The average molecular weight is 172 g/mol. The summed E-state index contributed by atoms with van der Waals surface area (Å²) in [6.45, 7) is 1.58. The van der Waals surface area contributed by atoms with E-state index in [1.165, 1.54) is 0 Å². The Balaban J connectivity index is 2.20. The molecule has 1 heterocycles. The van der Waals surface area contributed by atoms with Crippen molar-refractivity contribution in [3.8, 4) is 0 Å². The lowest BCUT2D eigenvalue weighted by atomic mass is 10.3. The molecule has 0 unspecified atom stereocenters. The Bertz CT molecular complexity index is 200. The summed E-state index contributed by atoms with van der Waals surface area (Å²) >= 11 is 0. The molecule has 0 aromatic rings. The van der Waals surface area contributed by atoms with Crippen molar-refractivity contribution in [1.29, 1.82) is 0 Å². The number of nitrogens with zero attached hydrogens (tertiary/aromatic N) is 2. The van der Waals surface area contributed by atoms with E-state index in [2.05, 4.69) is 10.4 Å². The maximum atomic E-state index is 10.1. The van der Waals surface area contributed by atoms with Crippen LogP contribution in [-0.4, -0.2) is 41.7 Å². The summed E-state index contributed by atoms with van der Waals surface area (Å²) in [6.07, 6.45) is 1.14. The minimum absolute atomic E-state index is 0.164. The third kappa shape index (κ3) is 2.75. The van der Waals surface area contributed by atoms with Gasteiger partial charge in [0.05, 0.1) is 0 Å². The van der Waals surface area contributed by atoms with Gasteiger partial charge in [-0.25, -0.2) is 10.0 Å². The first-order chi connectivity index (χ1) is 5.68. The van der Waals surface area contributed by atoms with Crippen molar-refractivity contribution in [2.45, 2.75) is 6.42 Å². The number of rotatable bonds is 3. The predicted molar refractivity (Wildman–Crippen MR) is 43.5 cm³/mol. The minimum atomic E-state index is -0.983. The van der Waals surface area contributed by atoms with Crippen LogP contribution in [0, 0.1) is 0 Å². The van der Waals surface area contributed by atoms with Crippen molar-refractivity contribution in [1.82, 2.24) is 10.4 Å². The van der Waals surface area contributed by atoms with Crippen molar-refractivity contribution in [3.05, 3.63) is 0 Å². The Morgan fingerprint density at radius 3 is 2.75 bits per heavy atom. The Hall–Kier alpha value is -1.30. The van der Waals surface area contributed by atoms with Crippen LogP contribution in [0.2, 0.25) is 0 Å². The highest BCUT2D eigenvalue weighted by Gasteiger charge is 2.13. The third-order valence-corrected chi connectivity index (χ3v) is 1.51.